The summed E-state index contributed by atoms with van der Waals surface area (Å²) in [7, 11) is 0. The molecule has 1 atom stereocenters. The Morgan fingerprint density at radius 2 is 1.71 bits per heavy atom. The summed E-state index contributed by atoms with van der Waals surface area (Å²) in [5.41, 5.74) is -1.32. The summed E-state index contributed by atoms with van der Waals surface area (Å²) in [5, 5.41) is 4.19. The third kappa shape index (κ3) is 2.68. The molecule has 1 aliphatic heterocycles. The van der Waals surface area contributed by atoms with Crippen LogP contribution < -0.4 is 10.6 Å². The number of carbonyl (C=O) groups excluding carboxylic acids is 3. The number of hydrogen-bond donors (Lipinski definition) is 2. The predicted octanol–water partition coefficient (Wildman–Crippen LogP) is 0.356. The first-order valence-electron chi connectivity index (χ1n) is 4.89. The second kappa shape index (κ2) is 6.14. The van der Waals surface area contributed by atoms with E-state index < -0.39 is 29.2 Å². The molecule has 1 fully saturated rings. The average molecular weight is 245 g/mol. The van der Waals surface area contributed by atoms with Crippen LogP contribution in [0.3, 0.4) is 0 Å². The zero-order valence-electron chi connectivity index (χ0n) is 10.1. The summed E-state index contributed by atoms with van der Waals surface area (Å²) in [6, 6.07) is -0.786. The molecule has 1 saturated heterocycles. The van der Waals surface area contributed by atoms with Crippen LogP contribution >= 0.6 is 0 Å². The number of barbiturate groups is 1. The Morgan fingerprint density at radius 1 is 1.24 bits per heavy atom. The summed E-state index contributed by atoms with van der Waals surface area (Å²) < 4.78 is 0. The van der Waals surface area contributed by atoms with E-state index in [2.05, 4.69) is 23.8 Å². The van der Waals surface area contributed by atoms with Crippen molar-refractivity contribution in [1.29, 1.82) is 0 Å². The Balaban J connectivity index is 0.00000256. The van der Waals surface area contributed by atoms with E-state index in [1.165, 1.54) is 12.2 Å². The fraction of sp³-hybridized carbons (Fsp3) is 0.364. The van der Waals surface area contributed by atoms with Gasteiger partial charge in [-0.1, -0.05) is 19.1 Å². The second-order valence-corrected chi connectivity index (χ2v) is 3.73. The van der Waals surface area contributed by atoms with Crippen molar-refractivity contribution in [2.75, 3.05) is 0 Å². The zero-order chi connectivity index (χ0) is 12.3. The van der Waals surface area contributed by atoms with Gasteiger partial charge in [0.15, 0.2) is 0 Å². The molecule has 4 amide bonds. The van der Waals surface area contributed by atoms with E-state index in [0.29, 0.717) is 0 Å². The number of allylic oxidation sites excluding steroid dienone is 2. The van der Waals surface area contributed by atoms with Crippen molar-refractivity contribution in [3.63, 3.8) is 0 Å². The van der Waals surface area contributed by atoms with Crippen LogP contribution in [0.4, 0.5) is 4.79 Å². The third-order valence-corrected chi connectivity index (χ3v) is 2.86. The third-order valence-electron chi connectivity index (χ3n) is 2.86. The van der Waals surface area contributed by atoms with E-state index in [1.54, 1.807) is 6.92 Å². The first-order valence-corrected chi connectivity index (χ1v) is 4.89. The first kappa shape index (κ1) is 16.1. The number of amides is 4. The number of nitrogens with one attached hydrogen (secondary N) is 2. The minimum absolute atomic E-state index is 0. The second-order valence-electron chi connectivity index (χ2n) is 3.73. The van der Waals surface area contributed by atoms with Crippen molar-refractivity contribution < 1.29 is 14.4 Å². The Labute approximate surface area is 122 Å². The molecule has 1 unspecified atom stereocenters. The molecule has 0 saturated carbocycles. The molecule has 0 spiro atoms. The molecule has 5 nitrogen and oxygen atoms in total. The van der Waals surface area contributed by atoms with Gasteiger partial charge in [0.1, 0.15) is 5.41 Å². The quantitative estimate of drug-likeness (QED) is 0.426. The Kier molecular flexibility index (Phi) is 5.81. The van der Waals surface area contributed by atoms with Gasteiger partial charge in [-0.05, 0) is 12.3 Å². The van der Waals surface area contributed by atoms with Crippen molar-refractivity contribution in [2.24, 2.45) is 11.3 Å². The molecule has 1 heterocycles. The smallest absolute Gasteiger partial charge is 0.277 e. The zero-order valence-corrected chi connectivity index (χ0v) is 12.1. The number of urea groups is 1. The molecule has 6 heteroatoms. The summed E-state index contributed by atoms with van der Waals surface area (Å²) in [6.07, 6.45) is 3.15. The van der Waals surface area contributed by atoms with Crippen molar-refractivity contribution in [1.82, 2.24) is 10.6 Å². The first-order chi connectivity index (χ1) is 7.48. The number of rotatable bonds is 4. The van der Waals surface area contributed by atoms with Gasteiger partial charge in [-0.25, -0.2) is 4.79 Å². The van der Waals surface area contributed by atoms with Crippen molar-refractivity contribution in [3.8, 4) is 0 Å². The Morgan fingerprint density at radius 3 is 2.06 bits per heavy atom. The summed E-state index contributed by atoms with van der Waals surface area (Å²) in [5.74, 6) is -1.60. The molecule has 0 aliphatic carbocycles. The normalized spacial score (nSPS) is 19.5. The topological polar surface area (TPSA) is 75.3 Å². The van der Waals surface area contributed by atoms with E-state index in [-0.39, 0.29) is 36.0 Å². The van der Waals surface area contributed by atoms with Crippen LogP contribution in [0.5, 0.6) is 0 Å². The standard InChI is InChI=1S/C11H14N2O3.Na/c1-4-6-11(7(3)5-2)8(14)12-10(16)13-9(11)15;/h4-5,7H,1-2,6H2,3H3,(H2,12,13,14,15,16);. The minimum atomic E-state index is -1.32. The Hall–Kier alpha value is -0.910. The van der Waals surface area contributed by atoms with Crippen LogP contribution in [0.2, 0.25) is 0 Å². The molecular weight excluding hydrogens is 231 g/mol. The SMILES string of the molecule is C=CCC1(C(C)C=C)C(=O)NC(=O)NC1=O.[Na]. The van der Waals surface area contributed by atoms with Crippen LogP contribution in [0, 0.1) is 11.3 Å². The molecule has 1 rings (SSSR count). The van der Waals surface area contributed by atoms with E-state index >= 15 is 0 Å². The van der Waals surface area contributed by atoms with Gasteiger partial charge in [0, 0.05) is 29.6 Å². The summed E-state index contributed by atoms with van der Waals surface area (Å²) in [4.78, 5) is 34.6. The maximum Gasteiger partial charge on any atom is 0.328 e. The maximum absolute atomic E-state index is 11.8. The summed E-state index contributed by atoms with van der Waals surface area (Å²) in [6.45, 7) is 8.80. The van der Waals surface area contributed by atoms with Gasteiger partial charge in [-0.2, -0.15) is 0 Å². The maximum atomic E-state index is 11.8. The predicted molar refractivity (Wildman–Crippen MR) is 64.0 cm³/mol. The number of carbonyl (C=O) groups is 3. The van der Waals surface area contributed by atoms with Crippen LogP contribution in [0.15, 0.2) is 25.3 Å². The molecule has 0 bridgehead atoms. The molecule has 1 radical (unpaired) electrons. The Bertz CT molecular complexity index is 359. The molecule has 2 N–H and O–H groups in total. The average Bonchev–Trinajstić information content (AvgIpc) is 2.22. The van der Waals surface area contributed by atoms with Crippen LogP contribution in [-0.2, 0) is 9.59 Å². The van der Waals surface area contributed by atoms with E-state index in [4.69, 9.17) is 0 Å². The fourth-order valence-corrected chi connectivity index (χ4v) is 1.78. The molecule has 87 valence electrons. The van der Waals surface area contributed by atoms with E-state index in [0.717, 1.165) is 0 Å². The van der Waals surface area contributed by atoms with E-state index in [1.807, 2.05) is 0 Å². The molecule has 0 aromatic heterocycles. The van der Waals surface area contributed by atoms with Crippen molar-refractivity contribution >= 4 is 47.4 Å². The van der Waals surface area contributed by atoms with Gasteiger partial charge in [-0.15, -0.1) is 13.2 Å². The molecule has 17 heavy (non-hydrogen) atoms. The van der Waals surface area contributed by atoms with Crippen LogP contribution in [0.1, 0.15) is 13.3 Å². The summed E-state index contributed by atoms with van der Waals surface area (Å²) >= 11 is 0. The van der Waals surface area contributed by atoms with Crippen LogP contribution in [0.25, 0.3) is 0 Å². The van der Waals surface area contributed by atoms with Crippen molar-refractivity contribution in [2.45, 2.75) is 13.3 Å². The van der Waals surface area contributed by atoms with Gasteiger partial charge < -0.3 is 0 Å². The monoisotopic (exact) mass is 245 g/mol. The molecular formula is C11H14N2NaO3. The van der Waals surface area contributed by atoms with Crippen LogP contribution in [-0.4, -0.2) is 47.4 Å². The van der Waals surface area contributed by atoms with Gasteiger partial charge in [0.05, 0.1) is 0 Å². The molecule has 1 aliphatic rings. The fourth-order valence-electron chi connectivity index (χ4n) is 1.78. The van der Waals surface area contributed by atoms with E-state index in [9.17, 15) is 14.4 Å². The minimum Gasteiger partial charge on any atom is -0.277 e. The van der Waals surface area contributed by atoms with Gasteiger partial charge in [0.25, 0.3) is 0 Å². The largest absolute Gasteiger partial charge is 0.328 e. The van der Waals surface area contributed by atoms with Gasteiger partial charge in [-0.3, -0.25) is 20.2 Å². The van der Waals surface area contributed by atoms with Crippen molar-refractivity contribution in [3.05, 3.63) is 25.3 Å². The van der Waals surface area contributed by atoms with Gasteiger partial charge >= 0.3 is 6.03 Å². The number of imide groups is 2. The number of hydrogen-bond acceptors (Lipinski definition) is 3. The molecule has 0 aromatic carbocycles. The van der Waals surface area contributed by atoms with Gasteiger partial charge in [0.2, 0.25) is 11.8 Å². The molecule has 0 aromatic rings.